The summed E-state index contributed by atoms with van der Waals surface area (Å²) >= 11 is 1.55. The van der Waals surface area contributed by atoms with Gasteiger partial charge in [0.25, 0.3) is 5.91 Å². The maximum absolute atomic E-state index is 12.0. The van der Waals surface area contributed by atoms with Gasteiger partial charge in [-0.15, -0.1) is 11.3 Å². The summed E-state index contributed by atoms with van der Waals surface area (Å²) in [5.74, 6) is -1.10. The zero-order chi connectivity index (χ0) is 12.6. The van der Waals surface area contributed by atoms with E-state index in [1.165, 1.54) is 0 Å². The minimum Gasteiger partial charge on any atom is -0.480 e. The van der Waals surface area contributed by atoms with Crippen molar-refractivity contribution in [2.75, 3.05) is 0 Å². The molecule has 2 rings (SSSR count). The molecule has 1 unspecified atom stereocenters. The Bertz CT molecular complexity index is 462. The highest BCUT2D eigenvalue weighted by molar-refractivity contribution is 7.12. The van der Waals surface area contributed by atoms with E-state index >= 15 is 0 Å². The summed E-state index contributed by atoms with van der Waals surface area (Å²) in [4.78, 5) is 25.0. The van der Waals surface area contributed by atoms with Gasteiger partial charge >= 0.3 is 5.97 Å². The van der Waals surface area contributed by atoms with Gasteiger partial charge in [0.2, 0.25) is 0 Å². The van der Waals surface area contributed by atoms with Gasteiger partial charge in [0.05, 0.1) is 5.56 Å². The number of carboxylic acids is 1. The number of rotatable bonds is 4. The second kappa shape index (κ2) is 4.49. The summed E-state index contributed by atoms with van der Waals surface area (Å²) in [5.41, 5.74) is 0.597. The van der Waals surface area contributed by atoms with Crippen molar-refractivity contribution >= 4 is 23.2 Å². The van der Waals surface area contributed by atoms with E-state index in [4.69, 9.17) is 5.11 Å². The summed E-state index contributed by atoms with van der Waals surface area (Å²) in [6, 6.07) is 1.07. The second-order valence-corrected chi connectivity index (χ2v) is 5.91. The Morgan fingerprint density at radius 1 is 1.47 bits per heavy atom. The van der Waals surface area contributed by atoms with Gasteiger partial charge in [-0.25, -0.2) is 4.79 Å². The molecule has 5 heteroatoms. The molecule has 1 aromatic heterocycles. The molecule has 4 nitrogen and oxygen atoms in total. The highest BCUT2D eigenvalue weighted by Gasteiger charge is 2.37. The normalized spacial score (nSPS) is 16.6. The van der Waals surface area contributed by atoms with Crippen molar-refractivity contribution in [2.45, 2.75) is 32.7 Å². The van der Waals surface area contributed by atoms with Crippen molar-refractivity contribution in [3.8, 4) is 0 Å². The van der Waals surface area contributed by atoms with E-state index in [1.54, 1.807) is 17.4 Å². The van der Waals surface area contributed by atoms with Crippen molar-refractivity contribution < 1.29 is 14.7 Å². The van der Waals surface area contributed by atoms with E-state index < -0.39 is 12.0 Å². The van der Waals surface area contributed by atoms with Gasteiger partial charge in [-0.05, 0) is 38.7 Å². The highest BCUT2D eigenvalue weighted by atomic mass is 32.1. The SMILES string of the molecule is Cc1cc(C(=O)NC(C(=O)O)C2CC2)c(C)s1. The number of aryl methyl sites for hydroxylation is 2. The highest BCUT2D eigenvalue weighted by Crippen LogP contribution is 2.33. The molecule has 0 radical (unpaired) electrons. The van der Waals surface area contributed by atoms with Crippen LogP contribution in [0, 0.1) is 19.8 Å². The fourth-order valence-electron chi connectivity index (χ4n) is 1.89. The van der Waals surface area contributed by atoms with E-state index in [-0.39, 0.29) is 11.8 Å². The van der Waals surface area contributed by atoms with Crippen LogP contribution in [0.5, 0.6) is 0 Å². The quantitative estimate of drug-likeness (QED) is 0.862. The molecule has 1 aromatic rings. The van der Waals surface area contributed by atoms with Crippen molar-refractivity contribution in [2.24, 2.45) is 5.92 Å². The average Bonchev–Trinajstić information content (AvgIpc) is 3.00. The first-order valence-electron chi connectivity index (χ1n) is 5.59. The standard InChI is InChI=1S/C12H15NO3S/c1-6-5-9(7(2)17-6)11(14)13-10(12(15)16)8-3-4-8/h5,8,10H,3-4H2,1-2H3,(H,13,14)(H,15,16). The molecule has 17 heavy (non-hydrogen) atoms. The summed E-state index contributed by atoms with van der Waals surface area (Å²) in [6.45, 7) is 3.81. The summed E-state index contributed by atoms with van der Waals surface area (Å²) in [6.07, 6.45) is 1.78. The van der Waals surface area contributed by atoms with Crippen molar-refractivity contribution in [1.29, 1.82) is 0 Å². The molecular formula is C12H15NO3S. The Balaban J connectivity index is 2.10. The Labute approximate surface area is 104 Å². The minimum atomic E-state index is -0.939. The van der Waals surface area contributed by atoms with Gasteiger partial charge in [-0.3, -0.25) is 4.79 Å². The molecule has 0 aliphatic heterocycles. The molecule has 2 N–H and O–H groups in total. The van der Waals surface area contributed by atoms with E-state index in [0.717, 1.165) is 22.6 Å². The van der Waals surface area contributed by atoms with Crippen molar-refractivity contribution in [1.82, 2.24) is 5.32 Å². The molecule has 1 saturated carbocycles. The molecule has 1 atom stereocenters. The topological polar surface area (TPSA) is 66.4 Å². The average molecular weight is 253 g/mol. The van der Waals surface area contributed by atoms with Gasteiger partial charge < -0.3 is 10.4 Å². The zero-order valence-corrected chi connectivity index (χ0v) is 10.6. The number of carbonyl (C=O) groups excluding carboxylic acids is 1. The Hall–Kier alpha value is -1.36. The molecule has 1 aliphatic carbocycles. The first-order valence-corrected chi connectivity index (χ1v) is 6.41. The molecule has 1 aliphatic rings. The Morgan fingerprint density at radius 3 is 2.53 bits per heavy atom. The Kier molecular flexibility index (Phi) is 3.19. The predicted octanol–water partition coefficient (Wildman–Crippen LogP) is 1.96. The lowest BCUT2D eigenvalue weighted by atomic mass is 10.1. The number of aliphatic carboxylic acids is 1. The van der Waals surface area contributed by atoms with Crippen molar-refractivity contribution in [3.63, 3.8) is 0 Å². The lowest BCUT2D eigenvalue weighted by Crippen LogP contribution is -2.42. The van der Waals surface area contributed by atoms with E-state index in [1.807, 2.05) is 13.8 Å². The van der Waals surface area contributed by atoms with Crippen LogP contribution in [0.15, 0.2) is 6.07 Å². The van der Waals surface area contributed by atoms with Crippen LogP contribution in [-0.2, 0) is 4.79 Å². The van der Waals surface area contributed by atoms with Crippen LogP contribution in [0.4, 0.5) is 0 Å². The molecule has 92 valence electrons. The number of hydrogen-bond donors (Lipinski definition) is 2. The molecule has 0 bridgehead atoms. The van der Waals surface area contributed by atoms with Crippen LogP contribution in [0.25, 0.3) is 0 Å². The Morgan fingerprint density at radius 2 is 2.12 bits per heavy atom. The molecular weight excluding hydrogens is 238 g/mol. The number of carboxylic acid groups (broad SMARTS) is 1. The third-order valence-electron chi connectivity index (χ3n) is 2.93. The van der Waals surface area contributed by atoms with Crippen LogP contribution >= 0.6 is 11.3 Å². The number of carbonyl (C=O) groups is 2. The van der Waals surface area contributed by atoms with E-state index in [0.29, 0.717) is 5.56 Å². The third kappa shape index (κ3) is 2.66. The third-order valence-corrected chi connectivity index (χ3v) is 3.90. The van der Waals surface area contributed by atoms with Crippen molar-refractivity contribution in [3.05, 3.63) is 21.4 Å². The van der Waals surface area contributed by atoms with Gasteiger partial charge in [-0.1, -0.05) is 0 Å². The molecule has 1 heterocycles. The van der Waals surface area contributed by atoms with Crippen LogP contribution < -0.4 is 5.32 Å². The number of thiophene rings is 1. The lowest BCUT2D eigenvalue weighted by Gasteiger charge is -2.13. The fourth-order valence-corrected chi connectivity index (χ4v) is 2.81. The number of nitrogens with one attached hydrogen (secondary N) is 1. The molecule has 1 amide bonds. The van der Waals surface area contributed by atoms with Gasteiger partial charge in [0, 0.05) is 9.75 Å². The molecule has 0 saturated heterocycles. The smallest absolute Gasteiger partial charge is 0.326 e. The number of hydrogen-bond acceptors (Lipinski definition) is 3. The van der Waals surface area contributed by atoms with E-state index in [2.05, 4.69) is 5.32 Å². The molecule has 1 fully saturated rings. The van der Waals surface area contributed by atoms with Crippen LogP contribution in [-0.4, -0.2) is 23.0 Å². The second-order valence-electron chi connectivity index (χ2n) is 4.45. The summed E-state index contributed by atoms with van der Waals surface area (Å²) in [5, 5.41) is 11.7. The van der Waals surface area contributed by atoms with Gasteiger partial charge in [0.1, 0.15) is 6.04 Å². The fraction of sp³-hybridized carbons (Fsp3) is 0.500. The first-order chi connectivity index (χ1) is 7.99. The first kappa shape index (κ1) is 12.1. The maximum Gasteiger partial charge on any atom is 0.326 e. The summed E-state index contributed by atoms with van der Waals surface area (Å²) < 4.78 is 0. The molecule has 0 aromatic carbocycles. The summed E-state index contributed by atoms with van der Waals surface area (Å²) in [7, 11) is 0. The lowest BCUT2D eigenvalue weighted by molar-refractivity contribution is -0.139. The maximum atomic E-state index is 12.0. The van der Waals surface area contributed by atoms with E-state index in [9.17, 15) is 9.59 Å². The van der Waals surface area contributed by atoms with Crippen LogP contribution in [0.1, 0.15) is 33.0 Å². The molecule has 0 spiro atoms. The van der Waals surface area contributed by atoms with Gasteiger partial charge in [-0.2, -0.15) is 0 Å². The van der Waals surface area contributed by atoms with Crippen LogP contribution in [0.3, 0.4) is 0 Å². The monoisotopic (exact) mass is 253 g/mol. The zero-order valence-electron chi connectivity index (χ0n) is 9.82. The minimum absolute atomic E-state index is 0.108. The predicted molar refractivity (Wildman–Crippen MR) is 65.4 cm³/mol. The van der Waals surface area contributed by atoms with Crippen LogP contribution in [0.2, 0.25) is 0 Å². The van der Waals surface area contributed by atoms with Gasteiger partial charge in [0.15, 0.2) is 0 Å². The number of amides is 1. The largest absolute Gasteiger partial charge is 0.480 e.